The first-order valence-corrected chi connectivity index (χ1v) is 11.2. The van der Waals surface area contributed by atoms with Crippen LogP contribution in [0.4, 0.5) is 22.7 Å². The molecule has 1 amide bonds. The highest BCUT2D eigenvalue weighted by Crippen LogP contribution is 2.47. The number of nitro groups is 1. The summed E-state index contributed by atoms with van der Waals surface area (Å²) in [4.78, 5) is 39.5. The number of rotatable bonds is 8. The van der Waals surface area contributed by atoms with E-state index >= 15 is 0 Å². The molecular formula is C24H21N3O6S. The topological polar surface area (TPSA) is 111 Å². The predicted octanol–water partition coefficient (Wildman–Crippen LogP) is 4.78. The molecule has 3 aromatic rings. The van der Waals surface area contributed by atoms with E-state index in [2.05, 4.69) is 10.2 Å². The molecule has 9 nitrogen and oxygen atoms in total. The Kier molecular flexibility index (Phi) is 6.98. The van der Waals surface area contributed by atoms with Gasteiger partial charge in [0.1, 0.15) is 11.4 Å². The van der Waals surface area contributed by atoms with Crippen molar-refractivity contribution in [3.05, 3.63) is 76.8 Å². The van der Waals surface area contributed by atoms with Crippen molar-refractivity contribution in [2.24, 2.45) is 0 Å². The molecule has 1 heterocycles. The highest BCUT2D eigenvalue weighted by atomic mass is 32.2. The van der Waals surface area contributed by atoms with Gasteiger partial charge >= 0.3 is 5.97 Å². The minimum atomic E-state index is -0.674. The summed E-state index contributed by atoms with van der Waals surface area (Å²) in [6, 6.07) is 19.9. The molecule has 0 saturated heterocycles. The maximum Gasteiger partial charge on any atom is 0.308 e. The monoisotopic (exact) mass is 479 g/mol. The lowest BCUT2D eigenvalue weighted by molar-refractivity contribution is -0.384. The van der Waals surface area contributed by atoms with Crippen molar-refractivity contribution >= 4 is 46.4 Å². The molecule has 0 unspecified atom stereocenters. The Morgan fingerprint density at radius 2 is 1.68 bits per heavy atom. The fourth-order valence-corrected chi connectivity index (χ4v) is 4.62. The van der Waals surface area contributed by atoms with Gasteiger partial charge in [0.25, 0.3) is 11.6 Å². The fourth-order valence-electron chi connectivity index (χ4n) is 3.52. The van der Waals surface area contributed by atoms with Gasteiger partial charge in [-0.1, -0.05) is 36.0 Å². The first kappa shape index (κ1) is 23.1. The average molecular weight is 480 g/mol. The number of nitro benzene ring substituents is 1. The van der Waals surface area contributed by atoms with Gasteiger partial charge in [-0.2, -0.15) is 0 Å². The maximum atomic E-state index is 12.4. The standard InChI is InChI=1S/C24H21N3O6S/c1-32-16-10-11-17(20(14-16)27(30)31)25-23(28)15-33-24(29)12-13-26-18-6-2-4-8-21(18)34-22-9-5-3-7-19(22)26/h2-11,14H,12-13,15H2,1H3,(H,25,28). The lowest BCUT2D eigenvalue weighted by Crippen LogP contribution is -2.26. The van der Waals surface area contributed by atoms with Crippen LogP contribution in [0.1, 0.15) is 6.42 Å². The number of amides is 1. The fraction of sp³-hybridized carbons (Fsp3) is 0.167. The zero-order chi connectivity index (χ0) is 24.1. The number of hydrogen-bond acceptors (Lipinski definition) is 8. The number of fused-ring (bicyclic) bond motifs is 2. The van der Waals surface area contributed by atoms with E-state index in [1.165, 1.54) is 25.3 Å². The normalized spacial score (nSPS) is 11.7. The molecular weight excluding hydrogens is 458 g/mol. The molecule has 3 aromatic carbocycles. The molecule has 0 bridgehead atoms. The van der Waals surface area contributed by atoms with Gasteiger partial charge in [0.15, 0.2) is 6.61 Å². The number of carbonyl (C=O) groups is 2. The summed E-state index contributed by atoms with van der Waals surface area (Å²) in [6.45, 7) is -0.177. The van der Waals surface area contributed by atoms with E-state index in [4.69, 9.17) is 9.47 Å². The summed E-state index contributed by atoms with van der Waals surface area (Å²) in [5.74, 6) is -0.936. The van der Waals surface area contributed by atoms with Crippen LogP contribution in [0.5, 0.6) is 5.75 Å². The number of ether oxygens (including phenoxy) is 2. The molecule has 1 aliphatic heterocycles. The average Bonchev–Trinajstić information content (AvgIpc) is 2.85. The summed E-state index contributed by atoms with van der Waals surface area (Å²) < 4.78 is 10.1. The number of para-hydroxylation sites is 2. The van der Waals surface area contributed by atoms with Gasteiger partial charge in [0, 0.05) is 16.3 Å². The van der Waals surface area contributed by atoms with Crippen LogP contribution in [-0.4, -0.2) is 37.1 Å². The third-order valence-corrected chi connectivity index (χ3v) is 6.24. The third-order valence-electron chi connectivity index (χ3n) is 5.11. The number of carbonyl (C=O) groups excluding carboxylic acids is 2. The van der Waals surface area contributed by atoms with Crippen molar-refractivity contribution in [3.63, 3.8) is 0 Å². The summed E-state index contributed by atoms with van der Waals surface area (Å²) in [7, 11) is 1.39. The molecule has 1 aliphatic rings. The molecule has 0 radical (unpaired) electrons. The summed E-state index contributed by atoms with van der Waals surface area (Å²) in [5.41, 5.74) is 1.68. The van der Waals surface area contributed by atoms with Crippen LogP contribution in [0.25, 0.3) is 0 Å². The summed E-state index contributed by atoms with van der Waals surface area (Å²) in [6.07, 6.45) is 0.0588. The largest absolute Gasteiger partial charge is 0.496 e. The molecule has 174 valence electrons. The van der Waals surface area contributed by atoms with E-state index in [-0.39, 0.29) is 23.5 Å². The predicted molar refractivity (Wildman–Crippen MR) is 128 cm³/mol. The SMILES string of the molecule is COc1ccc(NC(=O)COC(=O)CCN2c3ccccc3Sc3ccccc32)c([N+](=O)[O-])c1. The number of anilines is 3. The minimum absolute atomic E-state index is 0.00844. The molecule has 0 aromatic heterocycles. The van der Waals surface area contributed by atoms with Gasteiger partial charge in [-0.3, -0.25) is 19.7 Å². The Labute approximate surface area is 199 Å². The van der Waals surface area contributed by atoms with Crippen LogP contribution in [-0.2, 0) is 14.3 Å². The van der Waals surface area contributed by atoms with Crippen molar-refractivity contribution in [2.75, 3.05) is 30.5 Å². The summed E-state index contributed by atoms with van der Waals surface area (Å²) in [5, 5.41) is 13.7. The molecule has 0 saturated carbocycles. The molecule has 0 spiro atoms. The van der Waals surface area contributed by atoms with Crippen LogP contribution in [0.2, 0.25) is 0 Å². The maximum absolute atomic E-state index is 12.4. The van der Waals surface area contributed by atoms with Gasteiger partial charge in [0.2, 0.25) is 0 Å². The number of methoxy groups -OCH3 is 1. The smallest absolute Gasteiger partial charge is 0.308 e. The Morgan fingerprint density at radius 3 is 2.29 bits per heavy atom. The third kappa shape index (κ3) is 5.12. The minimum Gasteiger partial charge on any atom is -0.496 e. The van der Waals surface area contributed by atoms with Crippen molar-refractivity contribution in [2.45, 2.75) is 16.2 Å². The number of hydrogen-bond donors (Lipinski definition) is 1. The second-order valence-electron chi connectivity index (χ2n) is 7.29. The number of nitrogens with zero attached hydrogens (tertiary/aromatic N) is 2. The van der Waals surface area contributed by atoms with Crippen molar-refractivity contribution in [1.82, 2.24) is 0 Å². The zero-order valence-electron chi connectivity index (χ0n) is 18.2. The van der Waals surface area contributed by atoms with Gasteiger partial charge in [-0.05, 0) is 36.4 Å². The van der Waals surface area contributed by atoms with E-state index in [0.717, 1.165) is 21.2 Å². The van der Waals surface area contributed by atoms with E-state index < -0.39 is 23.4 Å². The Hall–Kier alpha value is -4.05. The second kappa shape index (κ2) is 10.3. The lowest BCUT2D eigenvalue weighted by atomic mass is 10.2. The van der Waals surface area contributed by atoms with Crippen LogP contribution < -0.4 is 15.0 Å². The highest BCUT2D eigenvalue weighted by molar-refractivity contribution is 7.99. The molecule has 4 rings (SSSR count). The Bertz CT molecular complexity index is 1200. The van der Waals surface area contributed by atoms with Crippen molar-refractivity contribution in [3.8, 4) is 5.75 Å². The van der Waals surface area contributed by atoms with Crippen LogP contribution in [0.3, 0.4) is 0 Å². The molecule has 0 fully saturated rings. The quantitative estimate of drug-likeness (QED) is 0.279. The number of esters is 1. The zero-order valence-corrected chi connectivity index (χ0v) is 19.0. The van der Waals surface area contributed by atoms with Gasteiger partial charge in [-0.25, -0.2) is 0 Å². The van der Waals surface area contributed by atoms with Gasteiger partial charge in [-0.15, -0.1) is 0 Å². The molecule has 0 aliphatic carbocycles. The second-order valence-corrected chi connectivity index (χ2v) is 8.37. The molecule has 10 heteroatoms. The highest BCUT2D eigenvalue weighted by Gasteiger charge is 2.24. The van der Waals surface area contributed by atoms with Crippen LogP contribution >= 0.6 is 11.8 Å². The number of benzene rings is 3. The lowest BCUT2D eigenvalue weighted by Gasteiger charge is -2.32. The van der Waals surface area contributed by atoms with Gasteiger partial charge < -0.3 is 19.7 Å². The van der Waals surface area contributed by atoms with E-state index in [0.29, 0.717) is 6.54 Å². The first-order chi connectivity index (χ1) is 16.5. The van der Waals surface area contributed by atoms with Gasteiger partial charge in [0.05, 0.1) is 35.9 Å². The molecule has 1 N–H and O–H groups in total. The summed E-state index contributed by atoms with van der Waals surface area (Å²) >= 11 is 1.67. The van der Waals surface area contributed by atoms with Crippen LogP contribution in [0, 0.1) is 10.1 Å². The van der Waals surface area contributed by atoms with Crippen molar-refractivity contribution in [1.29, 1.82) is 0 Å². The first-order valence-electron chi connectivity index (χ1n) is 10.4. The Morgan fingerprint density at radius 1 is 1.03 bits per heavy atom. The molecule has 34 heavy (non-hydrogen) atoms. The Balaban J connectivity index is 1.35. The van der Waals surface area contributed by atoms with E-state index in [1.807, 2.05) is 48.5 Å². The van der Waals surface area contributed by atoms with E-state index in [1.54, 1.807) is 11.8 Å². The van der Waals surface area contributed by atoms with Crippen LogP contribution in [0.15, 0.2) is 76.5 Å². The molecule has 0 atom stereocenters. The van der Waals surface area contributed by atoms with Crippen molar-refractivity contribution < 1.29 is 24.0 Å². The van der Waals surface area contributed by atoms with E-state index in [9.17, 15) is 19.7 Å². The number of nitrogens with one attached hydrogen (secondary N) is 1.